The van der Waals surface area contributed by atoms with Gasteiger partial charge in [0.05, 0.1) is 0 Å². The standard InChI is InChI=1S/C29H39NO2/c1-5-6-19-30-26(23-13-9-7-10-14-23)21-28(31)32-27-20-22(2)17-18-25(27)29(3,4)24-15-11-8-12-16-24/h7-16,21-22,25,27,30H,5-6,17-20H2,1-4H3/b26-21-/t22-,25-,27-/m1/s1. The first kappa shape index (κ1) is 24.1. The minimum Gasteiger partial charge on any atom is -0.459 e. The Morgan fingerprint density at radius 1 is 1.06 bits per heavy atom. The molecule has 3 heteroatoms. The van der Waals surface area contributed by atoms with Crippen molar-refractivity contribution in [2.24, 2.45) is 11.8 Å². The van der Waals surface area contributed by atoms with Gasteiger partial charge >= 0.3 is 5.97 Å². The van der Waals surface area contributed by atoms with Crippen LogP contribution in [0.5, 0.6) is 0 Å². The molecule has 0 radical (unpaired) electrons. The summed E-state index contributed by atoms with van der Waals surface area (Å²) < 4.78 is 6.19. The lowest BCUT2D eigenvalue weighted by Crippen LogP contribution is -2.43. The number of hydrogen-bond donors (Lipinski definition) is 1. The van der Waals surface area contributed by atoms with Crippen LogP contribution in [0.3, 0.4) is 0 Å². The number of rotatable bonds is 9. The fourth-order valence-electron chi connectivity index (χ4n) is 4.92. The molecule has 0 bridgehead atoms. The number of hydrogen-bond acceptors (Lipinski definition) is 3. The largest absolute Gasteiger partial charge is 0.459 e. The van der Waals surface area contributed by atoms with Crippen molar-refractivity contribution in [1.82, 2.24) is 5.32 Å². The third-order valence-corrected chi connectivity index (χ3v) is 6.96. The summed E-state index contributed by atoms with van der Waals surface area (Å²) in [5.74, 6) is 0.614. The second-order valence-corrected chi connectivity index (χ2v) is 9.79. The van der Waals surface area contributed by atoms with Crippen LogP contribution in [-0.4, -0.2) is 18.6 Å². The van der Waals surface area contributed by atoms with E-state index in [1.165, 1.54) is 12.0 Å². The van der Waals surface area contributed by atoms with E-state index in [0.717, 1.165) is 43.5 Å². The monoisotopic (exact) mass is 433 g/mol. The van der Waals surface area contributed by atoms with Gasteiger partial charge in [-0.25, -0.2) is 4.79 Å². The van der Waals surface area contributed by atoms with Gasteiger partial charge in [0.15, 0.2) is 0 Å². The van der Waals surface area contributed by atoms with Crippen LogP contribution >= 0.6 is 0 Å². The van der Waals surface area contributed by atoms with Gasteiger partial charge in [0, 0.05) is 24.2 Å². The average molecular weight is 434 g/mol. The van der Waals surface area contributed by atoms with Crippen LogP contribution in [0.1, 0.15) is 70.9 Å². The summed E-state index contributed by atoms with van der Waals surface area (Å²) in [6, 6.07) is 20.7. The summed E-state index contributed by atoms with van der Waals surface area (Å²) in [5.41, 5.74) is 3.10. The van der Waals surface area contributed by atoms with Crippen molar-refractivity contribution in [3.63, 3.8) is 0 Å². The number of nitrogens with one attached hydrogen (secondary N) is 1. The minimum absolute atomic E-state index is 0.0578. The van der Waals surface area contributed by atoms with Crippen LogP contribution in [0.25, 0.3) is 5.70 Å². The zero-order chi connectivity index (χ0) is 23.0. The quantitative estimate of drug-likeness (QED) is 0.270. The Morgan fingerprint density at radius 2 is 1.72 bits per heavy atom. The van der Waals surface area contributed by atoms with E-state index in [1.807, 2.05) is 30.3 Å². The Hall–Kier alpha value is -2.55. The van der Waals surface area contributed by atoms with Crippen LogP contribution in [0.15, 0.2) is 66.7 Å². The van der Waals surface area contributed by atoms with Crippen LogP contribution < -0.4 is 5.32 Å². The summed E-state index contributed by atoms with van der Waals surface area (Å²) in [6.45, 7) is 9.86. The summed E-state index contributed by atoms with van der Waals surface area (Å²) in [6.07, 6.45) is 6.92. The van der Waals surface area contributed by atoms with Gasteiger partial charge in [-0.2, -0.15) is 0 Å². The second kappa shape index (κ2) is 11.4. The Labute approximate surface area is 194 Å². The van der Waals surface area contributed by atoms with Gasteiger partial charge in [-0.15, -0.1) is 0 Å². The van der Waals surface area contributed by atoms with Crippen LogP contribution in [-0.2, 0) is 14.9 Å². The first-order valence-electron chi connectivity index (χ1n) is 12.2. The minimum atomic E-state index is -0.249. The van der Waals surface area contributed by atoms with Crippen molar-refractivity contribution in [2.75, 3.05) is 6.54 Å². The van der Waals surface area contributed by atoms with Gasteiger partial charge in [-0.3, -0.25) is 0 Å². The third-order valence-electron chi connectivity index (χ3n) is 6.96. The predicted octanol–water partition coefficient (Wildman–Crippen LogP) is 6.74. The number of carbonyl (C=O) groups excluding carboxylic acids is 1. The van der Waals surface area contributed by atoms with Crippen LogP contribution in [0.2, 0.25) is 0 Å². The maximum atomic E-state index is 13.1. The molecular weight excluding hydrogens is 394 g/mol. The summed E-state index contributed by atoms with van der Waals surface area (Å²) in [7, 11) is 0. The maximum absolute atomic E-state index is 13.1. The van der Waals surface area contributed by atoms with E-state index in [4.69, 9.17) is 4.74 Å². The Balaban J connectivity index is 1.80. The summed E-state index contributed by atoms with van der Waals surface area (Å²) in [4.78, 5) is 13.1. The normalized spacial score (nSPS) is 21.8. The molecule has 1 saturated carbocycles. The van der Waals surface area contributed by atoms with E-state index >= 15 is 0 Å². The fourth-order valence-corrected chi connectivity index (χ4v) is 4.92. The van der Waals surface area contributed by atoms with Gasteiger partial charge in [-0.1, -0.05) is 101 Å². The molecule has 1 fully saturated rings. The van der Waals surface area contributed by atoms with Gasteiger partial charge in [0.25, 0.3) is 0 Å². The van der Waals surface area contributed by atoms with Crippen molar-refractivity contribution >= 4 is 11.7 Å². The Morgan fingerprint density at radius 3 is 2.38 bits per heavy atom. The first-order valence-corrected chi connectivity index (χ1v) is 12.2. The molecule has 1 aliphatic carbocycles. The van der Waals surface area contributed by atoms with Gasteiger partial charge in [0.2, 0.25) is 0 Å². The molecule has 3 nitrogen and oxygen atoms in total. The Kier molecular flexibility index (Phi) is 8.55. The van der Waals surface area contributed by atoms with E-state index in [0.29, 0.717) is 11.8 Å². The number of carbonyl (C=O) groups is 1. The molecule has 0 aromatic heterocycles. The molecule has 172 valence electrons. The zero-order valence-electron chi connectivity index (χ0n) is 20.1. The van der Waals surface area contributed by atoms with E-state index in [1.54, 1.807) is 6.08 Å². The van der Waals surface area contributed by atoms with Crippen LogP contribution in [0.4, 0.5) is 0 Å². The third kappa shape index (κ3) is 6.25. The second-order valence-electron chi connectivity index (χ2n) is 9.79. The molecule has 0 saturated heterocycles. The lowest BCUT2D eigenvalue weighted by atomic mass is 9.64. The zero-order valence-corrected chi connectivity index (χ0v) is 20.1. The van der Waals surface area contributed by atoms with E-state index in [2.05, 4.69) is 63.3 Å². The fraction of sp³-hybridized carbons (Fsp3) is 0.483. The summed E-state index contributed by atoms with van der Waals surface area (Å²) >= 11 is 0. The number of esters is 1. The Bertz CT molecular complexity index is 873. The maximum Gasteiger partial charge on any atom is 0.333 e. The van der Waals surface area contributed by atoms with Crippen molar-refractivity contribution < 1.29 is 9.53 Å². The lowest BCUT2D eigenvalue weighted by Gasteiger charge is -2.43. The number of ether oxygens (including phenoxy) is 1. The molecule has 0 heterocycles. The topological polar surface area (TPSA) is 38.3 Å². The molecule has 0 unspecified atom stereocenters. The van der Waals surface area contributed by atoms with E-state index < -0.39 is 0 Å². The van der Waals surface area contributed by atoms with Crippen molar-refractivity contribution in [3.05, 3.63) is 77.9 Å². The molecule has 3 rings (SSSR count). The van der Waals surface area contributed by atoms with Crippen molar-refractivity contribution in [2.45, 2.75) is 71.3 Å². The highest BCUT2D eigenvalue weighted by Gasteiger charge is 2.41. The van der Waals surface area contributed by atoms with E-state index in [-0.39, 0.29) is 17.5 Å². The lowest BCUT2D eigenvalue weighted by molar-refractivity contribution is -0.150. The van der Waals surface area contributed by atoms with E-state index in [9.17, 15) is 4.79 Å². The van der Waals surface area contributed by atoms with Gasteiger partial charge in [0.1, 0.15) is 6.10 Å². The number of unbranched alkanes of at least 4 members (excludes halogenated alkanes) is 1. The molecule has 32 heavy (non-hydrogen) atoms. The van der Waals surface area contributed by atoms with Crippen LogP contribution in [0, 0.1) is 11.8 Å². The number of benzene rings is 2. The van der Waals surface area contributed by atoms with Gasteiger partial charge in [-0.05, 0) is 41.7 Å². The van der Waals surface area contributed by atoms with Crippen molar-refractivity contribution in [1.29, 1.82) is 0 Å². The highest BCUT2D eigenvalue weighted by atomic mass is 16.5. The molecular formula is C29H39NO2. The molecule has 2 aromatic rings. The van der Waals surface area contributed by atoms with Crippen molar-refractivity contribution in [3.8, 4) is 0 Å². The summed E-state index contributed by atoms with van der Waals surface area (Å²) in [5, 5.41) is 3.44. The molecule has 1 N–H and O–H groups in total. The van der Waals surface area contributed by atoms with Gasteiger partial charge < -0.3 is 10.1 Å². The molecule has 3 atom stereocenters. The molecule has 1 aliphatic rings. The highest BCUT2D eigenvalue weighted by Crippen LogP contribution is 2.43. The molecule has 2 aromatic carbocycles. The SMILES string of the molecule is CCCCN/C(=C\C(=O)O[C@@H]1C[C@H](C)CC[C@H]1C(C)(C)c1ccccc1)c1ccccc1. The molecule has 0 spiro atoms. The average Bonchev–Trinajstić information content (AvgIpc) is 2.79. The molecule has 0 aliphatic heterocycles. The first-order chi connectivity index (χ1) is 15.4. The highest BCUT2D eigenvalue weighted by molar-refractivity contribution is 5.91. The molecule has 0 amide bonds. The smallest absolute Gasteiger partial charge is 0.333 e. The predicted molar refractivity (Wildman–Crippen MR) is 133 cm³/mol.